The van der Waals surface area contributed by atoms with Crippen LogP contribution in [0.5, 0.6) is 5.75 Å². The molecule has 0 saturated carbocycles. The third kappa shape index (κ3) is 6.14. The monoisotopic (exact) mass is 295 g/mol. The Kier molecular flexibility index (Phi) is 8.47. The Morgan fingerprint density at radius 2 is 1.76 bits per heavy atom. The minimum Gasteiger partial charge on any atom is -0.494 e. The van der Waals surface area contributed by atoms with Crippen LogP contribution >= 0.6 is 0 Å². The lowest BCUT2D eigenvalue weighted by atomic mass is 10.1. The van der Waals surface area contributed by atoms with Crippen molar-refractivity contribution in [3.8, 4) is 5.75 Å². The van der Waals surface area contributed by atoms with Crippen molar-refractivity contribution >= 4 is 5.91 Å². The topological polar surface area (TPSA) is 67.8 Å². The van der Waals surface area contributed by atoms with Crippen molar-refractivity contribution < 1.29 is 19.5 Å². The minimum absolute atomic E-state index is 0.476. The van der Waals surface area contributed by atoms with Gasteiger partial charge in [0.1, 0.15) is 5.75 Å². The second-order valence-electron chi connectivity index (χ2n) is 4.85. The van der Waals surface area contributed by atoms with E-state index in [4.69, 9.17) is 14.7 Å². The van der Waals surface area contributed by atoms with Crippen LogP contribution in [-0.4, -0.2) is 24.3 Å². The van der Waals surface area contributed by atoms with Gasteiger partial charge in [0.2, 0.25) is 0 Å². The van der Waals surface area contributed by atoms with E-state index >= 15 is 0 Å². The van der Waals surface area contributed by atoms with Crippen molar-refractivity contribution in [2.75, 3.05) is 13.2 Å². The van der Waals surface area contributed by atoms with Crippen LogP contribution in [0.4, 0.5) is 0 Å². The zero-order valence-electron chi connectivity index (χ0n) is 12.8. The summed E-state index contributed by atoms with van der Waals surface area (Å²) in [5.41, 5.74) is 2.35. The molecule has 2 N–H and O–H groups in total. The highest BCUT2D eigenvalue weighted by molar-refractivity contribution is 5.81. The normalized spacial score (nSPS) is 12.0. The predicted molar refractivity (Wildman–Crippen MR) is 80.4 cm³/mol. The number of hydroxylamine groups is 1. The van der Waals surface area contributed by atoms with Gasteiger partial charge >= 0.3 is 0 Å². The summed E-state index contributed by atoms with van der Waals surface area (Å²) >= 11 is 0. The summed E-state index contributed by atoms with van der Waals surface area (Å²) < 4.78 is 11.1. The molecule has 0 aromatic heterocycles. The molecule has 0 saturated heterocycles. The van der Waals surface area contributed by atoms with Gasteiger partial charge in [-0.3, -0.25) is 10.0 Å². The lowest BCUT2D eigenvalue weighted by molar-refractivity contribution is -0.142. The van der Waals surface area contributed by atoms with Crippen molar-refractivity contribution in [3.05, 3.63) is 29.8 Å². The summed E-state index contributed by atoms with van der Waals surface area (Å²) in [4.78, 5) is 11.7. The molecule has 21 heavy (non-hydrogen) atoms. The Balaban J connectivity index is 2.66. The molecule has 0 spiro atoms. The molecule has 1 atom stereocenters. The van der Waals surface area contributed by atoms with Crippen LogP contribution in [0.15, 0.2) is 24.3 Å². The van der Waals surface area contributed by atoms with Gasteiger partial charge in [0, 0.05) is 6.61 Å². The number of hydrogen-bond donors (Lipinski definition) is 2. The molecule has 118 valence electrons. The Bertz CT molecular complexity index is 405. The molecule has 0 fully saturated rings. The maximum atomic E-state index is 11.7. The van der Waals surface area contributed by atoms with Gasteiger partial charge < -0.3 is 9.47 Å². The number of carbonyl (C=O) groups excluding carboxylic acids is 1. The molecule has 0 bridgehead atoms. The highest BCUT2D eigenvalue weighted by Crippen LogP contribution is 2.21. The van der Waals surface area contributed by atoms with E-state index in [0.717, 1.165) is 31.4 Å². The smallest absolute Gasteiger partial charge is 0.277 e. The largest absolute Gasteiger partial charge is 0.494 e. The Morgan fingerprint density at radius 1 is 1.14 bits per heavy atom. The first-order valence-electron chi connectivity index (χ1n) is 7.51. The molecule has 5 nitrogen and oxygen atoms in total. The molecule has 0 aliphatic heterocycles. The second-order valence-corrected chi connectivity index (χ2v) is 4.85. The number of hydrogen-bond acceptors (Lipinski definition) is 4. The van der Waals surface area contributed by atoms with Crippen molar-refractivity contribution in [1.29, 1.82) is 0 Å². The summed E-state index contributed by atoms with van der Waals surface area (Å²) in [6.07, 6.45) is 3.15. The quantitative estimate of drug-likeness (QED) is 0.395. The molecule has 1 aromatic rings. The number of ether oxygens (including phenoxy) is 2. The predicted octanol–water partition coefficient (Wildman–Crippen LogP) is 3.23. The fourth-order valence-corrected chi connectivity index (χ4v) is 1.80. The van der Waals surface area contributed by atoms with Crippen molar-refractivity contribution in [2.45, 2.75) is 45.6 Å². The maximum Gasteiger partial charge on any atom is 0.277 e. The summed E-state index contributed by atoms with van der Waals surface area (Å²) in [6.45, 7) is 5.32. The Hall–Kier alpha value is -1.59. The zero-order valence-corrected chi connectivity index (χ0v) is 12.8. The highest BCUT2D eigenvalue weighted by atomic mass is 16.5. The minimum atomic E-state index is -0.800. The molecular formula is C16H25NO4. The van der Waals surface area contributed by atoms with Gasteiger partial charge in [0.15, 0.2) is 6.10 Å². The summed E-state index contributed by atoms with van der Waals surface area (Å²) in [6, 6.07) is 7.19. The molecule has 0 aliphatic carbocycles. The summed E-state index contributed by atoms with van der Waals surface area (Å²) in [5, 5.41) is 8.82. The van der Waals surface area contributed by atoms with Gasteiger partial charge in [0.25, 0.3) is 5.91 Å². The third-order valence-electron chi connectivity index (χ3n) is 3.08. The van der Waals surface area contributed by atoms with Crippen molar-refractivity contribution in [1.82, 2.24) is 5.48 Å². The van der Waals surface area contributed by atoms with E-state index in [0.29, 0.717) is 18.8 Å². The molecule has 0 aliphatic rings. The number of nitrogens with one attached hydrogen (secondary N) is 1. The fraction of sp³-hybridized carbons (Fsp3) is 0.562. The fourth-order valence-electron chi connectivity index (χ4n) is 1.80. The van der Waals surface area contributed by atoms with Crippen LogP contribution < -0.4 is 10.2 Å². The Morgan fingerprint density at radius 3 is 2.33 bits per heavy atom. The number of carbonyl (C=O) groups is 1. The van der Waals surface area contributed by atoms with Gasteiger partial charge in [-0.15, -0.1) is 0 Å². The van der Waals surface area contributed by atoms with Gasteiger partial charge in [0.05, 0.1) is 6.61 Å². The standard InChI is InChI=1S/C16H25NO4/c1-3-5-11-20-14-9-7-13(8-10-14)15(16(18)17-19)21-12-6-4-2/h7-10,15,19H,3-6,11-12H2,1-2H3,(H,17,18). The average molecular weight is 295 g/mol. The van der Waals surface area contributed by atoms with Crippen LogP contribution in [0.2, 0.25) is 0 Å². The lowest BCUT2D eigenvalue weighted by Crippen LogP contribution is -2.28. The van der Waals surface area contributed by atoms with Crippen molar-refractivity contribution in [3.63, 3.8) is 0 Å². The van der Waals surface area contributed by atoms with E-state index in [1.165, 1.54) is 0 Å². The van der Waals surface area contributed by atoms with E-state index < -0.39 is 12.0 Å². The van der Waals surface area contributed by atoms with Crippen LogP contribution in [0.1, 0.15) is 51.2 Å². The number of rotatable bonds is 10. The van der Waals surface area contributed by atoms with E-state index in [1.807, 2.05) is 19.1 Å². The van der Waals surface area contributed by atoms with Crippen LogP contribution in [-0.2, 0) is 9.53 Å². The van der Waals surface area contributed by atoms with E-state index in [9.17, 15) is 4.79 Å². The first kappa shape index (κ1) is 17.5. The number of unbranched alkanes of at least 4 members (excludes halogenated alkanes) is 2. The zero-order chi connectivity index (χ0) is 15.5. The van der Waals surface area contributed by atoms with Gasteiger partial charge in [-0.05, 0) is 30.5 Å². The molecule has 1 aromatic carbocycles. The summed E-state index contributed by atoms with van der Waals surface area (Å²) in [7, 11) is 0. The average Bonchev–Trinajstić information content (AvgIpc) is 2.52. The number of amides is 1. The van der Waals surface area contributed by atoms with Gasteiger partial charge in [-0.2, -0.15) is 0 Å². The van der Waals surface area contributed by atoms with Crippen LogP contribution in [0, 0.1) is 0 Å². The van der Waals surface area contributed by atoms with Gasteiger partial charge in [-0.25, -0.2) is 5.48 Å². The van der Waals surface area contributed by atoms with E-state index in [-0.39, 0.29) is 0 Å². The van der Waals surface area contributed by atoms with Crippen molar-refractivity contribution in [2.24, 2.45) is 0 Å². The van der Waals surface area contributed by atoms with E-state index in [1.54, 1.807) is 17.6 Å². The molecule has 1 amide bonds. The highest BCUT2D eigenvalue weighted by Gasteiger charge is 2.20. The van der Waals surface area contributed by atoms with Gasteiger partial charge in [-0.1, -0.05) is 38.8 Å². The van der Waals surface area contributed by atoms with Crippen LogP contribution in [0.25, 0.3) is 0 Å². The molecule has 0 heterocycles. The van der Waals surface area contributed by atoms with Crippen LogP contribution in [0.3, 0.4) is 0 Å². The molecule has 1 rings (SSSR count). The third-order valence-corrected chi connectivity index (χ3v) is 3.08. The first-order chi connectivity index (χ1) is 10.2. The molecule has 5 heteroatoms. The SMILES string of the molecule is CCCCOc1ccc(C(OCCCC)C(=O)NO)cc1. The Labute approximate surface area is 126 Å². The first-order valence-corrected chi connectivity index (χ1v) is 7.51. The lowest BCUT2D eigenvalue weighted by Gasteiger charge is -2.16. The molecule has 1 unspecified atom stereocenters. The van der Waals surface area contributed by atoms with E-state index in [2.05, 4.69) is 6.92 Å². The maximum absolute atomic E-state index is 11.7. The number of benzene rings is 1. The summed E-state index contributed by atoms with van der Waals surface area (Å²) in [5.74, 6) is 0.203. The molecular weight excluding hydrogens is 270 g/mol. The second kappa shape index (κ2) is 10.2. The molecule has 0 radical (unpaired) electrons.